The molecule has 0 amide bonds. The molecule has 0 aromatic heterocycles. The number of halogens is 1. The lowest BCUT2D eigenvalue weighted by atomic mass is 10.1. The van der Waals surface area contributed by atoms with Crippen molar-refractivity contribution < 1.29 is 19.0 Å². The van der Waals surface area contributed by atoms with Crippen molar-refractivity contribution in [3.05, 3.63) is 71.0 Å². The summed E-state index contributed by atoms with van der Waals surface area (Å²) in [6.07, 6.45) is 1.82. The van der Waals surface area contributed by atoms with E-state index in [-0.39, 0.29) is 12.2 Å². The molecule has 0 bridgehead atoms. The number of hydrogen-bond acceptors (Lipinski definition) is 2. The first-order chi connectivity index (χ1) is 10.2. The fourth-order valence-electron chi connectivity index (χ4n) is 2.04. The van der Waals surface area contributed by atoms with Crippen LogP contribution in [0.4, 0.5) is 4.39 Å². The Bertz CT molecular complexity index is 596. The number of benzene rings is 2. The first kappa shape index (κ1) is 15.2. The summed E-state index contributed by atoms with van der Waals surface area (Å²) in [5.41, 5.74) is 1.60. The molecule has 0 saturated carbocycles. The van der Waals surface area contributed by atoms with E-state index >= 15 is 0 Å². The zero-order valence-electron chi connectivity index (χ0n) is 11.6. The Kier molecular flexibility index (Phi) is 5.46. The van der Waals surface area contributed by atoms with E-state index in [4.69, 9.17) is 9.84 Å². The van der Waals surface area contributed by atoms with Crippen LogP contribution in [0.1, 0.15) is 27.9 Å². The van der Waals surface area contributed by atoms with Crippen LogP contribution in [-0.2, 0) is 17.8 Å². The van der Waals surface area contributed by atoms with Crippen molar-refractivity contribution in [1.29, 1.82) is 0 Å². The van der Waals surface area contributed by atoms with Crippen LogP contribution in [0, 0.1) is 5.82 Å². The van der Waals surface area contributed by atoms with E-state index in [1.54, 1.807) is 6.07 Å². The molecule has 110 valence electrons. The van der Waals surface area contributed by atoms with Gasteiger partial charge >= 0.3 is 5.97 Å². The number of carbonyl (C=O) groups is 1. The Hall–Kier alpha value is -2.20. The second-order valence-corrected chi connectivity index (χ2v) is 4.76. The van der Waals surface area contributed by atoms with Gasteiger partial charge in [0.15, 0.2) is 0 Å². The van der Waals surface area contributed by atoms with Gasteiger partial charge in [0.1, 0.15) is 5.82 Å². The third-order valence-corrected chi connectivity index (χ3v) is 3.13. The molecule has 0 heterocycles. The predicted octanol–water partition coefficient (Wildman–Crippen LogP) is 3.67. The first-order valence-electron chi connectivity index (χ1n) is 6.80. The van der Waals surface area contributed by atoms with Crippen LogP contribution in [0.15, 0.2) is 48.5 Å². The molecule has 0 aliphatic rings. The second kappa shape index (κ2) is 7.55. The minimum atomic E-state index is -1.27. The Morgan fingerprint density at radius 3 is 2.57 bits per heavy atom. The number of aryl methyl sites for hydroxylation is 1. The maximum Gasteiger partial charge on any atom is 0.338 e. The molecule has 0 unspecified atom stereocenters. The second-order valence-electron chi connectivity index (χ2n) is 4.76. The summed E-state index contributed by atoms with van der Waals surface area (Å²) in [6, 6.07) is 14.1. The summed E-state index contributed by atoms with van der Waals surface area (Å²) in [5, 5.41) is 8.84. The molecule has 2 rings (SSSR count). The fourth-order valence-corrected chi connectivity index (χ4v) is 2.04. The molecule has 2 aromatic rings. The van der Waals surface area contributed by atoms with Crippen LogP contribution in [0.25, 0.3) is 0 Å². The third-order valence-electron chi connectivity index (χ3n) is 3.13. The van der Waals surface area contributed by atoms with Gasteiger partial charge in [0.2, 0.25) is 0 Å². The van der Waals surface area contributed by atoms with Gasteiger partial charge in [0, 0.05) is 6.61 Å². The summed E-state index contributed by atoms with van der Waals surface area (Å²) in [4.78, 5) is 10.8. The number of rotatable bonds is 7. The normalized spacial score (nSPS) is 10.5. The minimum Gasteiger partial charge on any atom is -0.478 e. The van der Waals surface area contributed by atoms with Crippen LogP contribution >= 0.6 is 0 Å². The van der Waals surface area contributed by atoms with E-state index in [1.807, 2.05) is 18.2 Å². The molecular formula is C17H17FO3. The molecule has 4 heteroatoms. The highest BCUT2D eigenvalue weighted by atomic mass is 19.1. The van der Waals surface area contributed by atoms with Crippen molar-refractivity contribution in [1.82, 2.24) is 0 Å². The summed E-state index contributed by atoms with van der Waals surface area (Å²) in [5.74, 6) is -1.99. The zero-order chi connectivity index (χ0) is 15.1. The maximum atomic E-state index is 13.2. The number of carboxylic acids is 1. The van der Waals surface area contributed by atoms with Crippen LogP contribution in [0.3, 0.4) is 0 Å². The summed E-state index contributed by atoms with van der Waals surface area (Å²) in [7, 11) is 0. The van der Waals surface area contributed by atoms with Gasteiger partial charge < -0.3 is 9.84 Å². The standard InChI is InChI=1S/C17H17FO3/c18-16-9-8-14(11-15(16)17(19)20)12-21-10-4-7-13-5-2-1-3-6-13/h1-3,5-6,8-9,11H,4,7,10,12H2,(H,19,20). The molecule has 0 saturated heterocycles. The first-order valence-corrected chi connectivity index (χ1v) is 6.80. The maximum absolute atomic E-state index is 13.2. The molecule has 0 radical (unpaired) electrons. The third kappa shape index (κ3) is 4.68. The summed E-state index contributed by atoms with van der Waals surface area (Å²) < 4.78 is 18.7. The lowest BCUT2D eigenvalue weighted by molar-refractivity contribution is 0.0691. The molecular weight excluding hydrogens is 271 g/mol. The van der Waals surface area contributed by atoms with Crippen LogP contribution in [-0.4, -0.2) is 17.7 Å². The van der Waals surface area contributed by atoms with Crippen molar-refractivity contribution in [3.63, 3.8) is 0 Å². The van der Waals surface area contributed by atoms with E-state index in [0.29, 0.717) is 12.2 Å². The molecule has 21 heavy (non-hydrogen) atoms. The van der Waals surface area contributed by atoms with E-state index in [0.717, 1.165) is 18.9 Å². The van der Waals surface area contributed by atoms with Gasteiger partial charge in [-0.05, 0) is 36.1 Å². The largest absolute Gasteiger partial charge is 0.478 e. The van der Waals surface area contributed by atoms with Crippen molar-refractivity contribution in [2.24, 2.45) is 0 Å². The minimum absolute atomic E-state index is 0.287. The Labute approximate surface area is 123 Å². The topological polar surface area (TPSA) is 46.5 Å². The predicted molar refractivity (Wildman–Crippen MR) is 77.8 cm³/mol. The van der Waals surface area contributed by atoms with Crippen molar-refractivity contribution in [2.45, 2.75) is 19.4 Å². The Morgan fingerprint density at radius 1 is 1.10 bits per heavy atom. The number of ether oxygens (including phenoxy) is 1. The van der Waals surface area contributed by atoms with Crippen molar-refractivity contribution in [3.8, 4) is 0 Å². The molecule has 1 N–H and O–H groups in total. The van der Waals surface area contributed by atoms with Gasteiger partial charge in [0.05, 0.1) is 12.2 Å². The molecule has 0 fully saturated rings. The van der Waals surface area contributed by atoms with Gasteiger partial charge in [-0.1, -0.05) is 36.4 Å². The highest BCUT2D eigenvalue weighted by Gasteiger charge is 2.10. The molecule has 0 aliphatic carbocycles. The average molecular weight is 288 g/mol. The highest BCUT2D eigenvalue weighted by molar-refractivity contribution is 5.88. The average Bonchev–Trinajstić information content (AvgIpc) is 2.49. The Morgan fingerprint density at radius 2 is 1.86 bits per heavy atom. The molecule has 2 aromatic carbocycles. The van der Waals surface area contributed by atoms with E-state index in [9.17, 15) is 9.18 Å². The van der Waals surface area contributed by atoms with Crippen LogP contribution in [0.2, 0.25) is 0 Å². The van der Waals surface area contributed by atoms with Crippen molar-refractivity contribution in [2.75, 3.05) is 6.61 Å². The van der Waals surface area contributed by atoms with Crippen molar-refractivity contribution >= 4 is 5.97 Å². The number of carboxylic acid groups (broad SMARTS) is 1. The van der Waals surface area contributed by atoms with Gasteiger partial charge in [0.25, 0.3) is 0 Å². The lowest BCUT2D eigenvalue weighted by Crippen LogP contribution is -2.03. The monoisotopic (exact) mass is 288 g/mol. The van der Waals surface area contributed by atoms with Gasteiger partial charge in [-0.25, -0.2) is 9.18 Å². The Balaban J connectivity index is 1.76. The zero-order valence-corrected chi connectivity index (χ0v) is 11.6. The number of aromatic carboxylic acids is 1. The lowest BCUT2D eigenvalue weighted by Gasteiger charge is -2.06. The van der Waals surface area contributed by atoms with Gasteiger partial charge in [-0.3, -0.25) is 0 Å². The quantitative estimate of drug-likeness (QED) is 0.791. The molecule has 0 atom stereocenters. The smallest absolute Gasteiger partial charge is 0.338 e. The number of hydrogen-bond donors (Lipinski definition) is 1. The van der Waals surface area contributed by atoms with E-state index in [2.05, 4.69) is 12.1 Å². The molecule has 3 nitrogen and oxygen atoms in total. The summed E-state index contributed by atoms with van der Waals surface area (Å²) in [6.45, 7) is 0.865. The molecule has 0 spiro atoms. The van der Waals surface area contributed by atoms with Crippen LogP contribution < -0.4 is 0 Å². The van der Waals surface area contributed by atoms with E-state index in [1.165, 1.54) is 11.6 Å². The van der Waals surface area contributed by atoms with Gasteiger partial charge in [-0.2, -0.15) is 0 Å². The summed E-state index contributed by atoms with van der Waals surface area (Å²) >= 11 is 0. The fraction of sp³-hybridized carbons (Fsp3) is 0.235. The highest BCUT2D eigenvalue weighted by Crippen LogP contribution is 2.12. The van der Waals surface area contributed by atoms with Gasteiger partial charge in [-0.15, -0.1) is 0 Å². The van der Waals surface area contributed by atoms with Crippen LogP contribution in [0.5, 0.6) is 0 Å². The SMILES string of the molecule is O=C(O)c1cc(COCCCc2ccccc2)ccc1F. The molecule has 0 aliphatic heterocycles. The van der Waals surface area contributed by atoms with E-state index < -0.39 is 11.8 Å².